The highest BCUT2D eigenvalue weighted by atomic mass is 32.1. The van der Waals surface area contributed by atoms with Crippen LogP contribution in [0.5, 0.6) is 5.88 Å². The summed E-state index contributed by atoms with van der Waals surface area (Å²) in [7, 11) is 1.83. The van der Waals surface area contributed by atoms with E-state index in [0.717, 1.165) is 36.9 Å². The molecule has 1 aliphatic rings. The van der Waals surface area contributed by atoms with Gasteiger partial charge in [-0.25, -0.2) is 4.68 Å². The standard InChI is InChI=1S/C25H26N4O2S/c1-29-25-20(24(28-29)21(30)15-17-10-12-26-13-11-17)8-9-23(27-25)31-16-18-5-2-3-6-19(18)22-7-4-14-32-22/h2-9,14,17,26H,10-13,15-16H2,1H3. The number of rotatable bonds is 7. The van der Waals surface area contributed by atoms with E-state index in [4.69, 9.17) is 4.74 Å². The lowest BCUT2D eigenvalue weighted by Crippen LogP contribution is -2.29. The van der Waals surface area contributed by atoms with Crippen molar-refractivity contribution < 1.29 is 9.53 Å². The summed E-state index contributed by atoms with van der Waals surface area (Å²) >= 11 is 1.72. The van der Waals surface area contributed by atoms with Crippen LogP contribution in [0.15, 0.2) is 53.9 Å². The minimum absolute atomic E-state index is 0.0999. The van der Waals surface area contributed by atoms with Gasteiger partial charge < -0.3 is 10.1 Å². The molecule has 0 amide bonds. The van der Waals surface area contributed by atoms with Gasteiger partial charge in [-0.15, -0.1) is 11.3 Å². The molecule has 0 bridgehead atoms. The van der Waals surface area contributed by atoms with Crippen LogP contribution < -0.4 is 10.1 Å². The quantitative estimate of drug-likeness (QED) is 0.411. The second-order valence-corrected chi connectivity index (χ2v) is 9.18. The summed E-state index contributed by atoms with van der Waals surface area (Å²) < 4.78 is 7.72. The lowest BCUT2D eigenvalue weighted by molar-refractivity contribution is 0.0948. The van der Waals surface area contributed by atoms with Crippen molar-refractivity contribution in [1.29, 1.82) is 0 Å². The van der Waals surface area contributed by atoms with Crippen molar-refractivity contribution in [2.45, 2.75) is 25.9 Å². The zero-order chi connectivity index (χ0) is 21.9. The van der Waals surface area contributed by atoms with Crippen LogP contribution in [0.25, 0.3) is 21.5 Å². The van der Waals surface area contributed by atoms with E-state index < -0.39 is 0 Å². The summed E-state index contributed by atoms with van der Waals surface area (Å²) in [5.74, 6) is 1.06. The number of thiophene rings is 1. The number of benzene rings is 1. The van der Waals surface area contributed by atoms with Crippen LogP contribution >= 0.6 is 11.3 Å². The molecular weight excluding hydrogens is 420 g/mol. The van der Waals surface area contributed by atoms with Gasteiger partial charge in [-0.2, -0.15) is 10.1 Å². The summed E-state index contributed by atoms with van der Waals surface area (Å²) in [6.45, 7) is 2.39. The minimum atomic E-state index is 0.0999. The smallest absolute Gasteiger partial charge is 0.215 e. The molecule has 0 saturated carbocycles. The molecular formula is C25H26N4O2S. The van der Waals surface area contributed by atoms with Crippen LogP contribution in [-0.2, 0) is 13.7 Å². The predicted molar refractivity (Wildman–Crippen MR) is 127 cm³/mol. The fraction of sp³-hybridized carbons (Fsp3) is 0.320. The summed E-state index contributed by atoms with van der Waals surface area (Å²) in [6.07, 6.45) is 2.63. The van der Waals surface area contributed by atoms with Gasteiger partial charge in [0.15, 0.2) is 11.4 Å². The molecule has 3 aromatic heterocycles. The van der Waals surface area contributed by atoms with Crippen LogP contribution in [0.4, 0.5) is 0 Å². The van der Waals surface area contributed by atoms with Gasteiger partial charge in [0.25, 0.3) is 0 Å². The van der Waals surface area contributed by atoms with E-state index in [2.05, 4.69) is 45.0 Å². The lowest BCUT2D eigenvalue weighted by atomic mass is 9.91. The van der Waals surface area contributed by atoms with E-state index in [-0.39, 0.29) is 5.78 Å². The Bertz CT molecular complexity index is 1230. The molecule has 6 nitrogen and oxygen atoms in total. The number of ketones is 1. The zero-order valence-corrected chi connectivity index (χ0v) is 18.9. The number of nitrogens with zero attached hydrogens (tertiary/aromatic N) is 3. The van der Waals surface area contributed by atoms with Gasteiger partial charge in [-0.3, -0.25) is 4.79 Å². The number of piperidine rings is 1. The van der Waals surface area contributed by atoms with Crippen molar-refractivity contribution in [2.75, 3.05) is 13.1 Å². The van der Waals surface area contributed by atoms with Crippen LogP contribution in [0.3, 0.4) is 0 Å². The molecule has 1 N–H and O–H groups in total. The van der Waals surface area contributed by atoms with Gasteiger partial charge >= 0.3 is 0 Å². The Morgan fingerprint density at radius 1 is 1.16 bits per heavy atom. The average molecular weight is 447 g/mol. The molecule has 4 heterocycles. The number of aromatic nitrogens is 3. The van der Waals surface area contributed by atoms with Crippen molar-refractivity contribution in [2.24, 2.45) is 13.0 Å². The molecule has 164 valence electrons. The Labute approximate surface area is 191 Å². The minimum Gasteiger partial charge on any atom is -0.473 e. The van der Waals surface area contributed by atoms with E-state index >= 15 is 0 Å². The van der Waals surface area contributed by atoms with Crippen molar-refractivity contribution in [3.63, 3.8) is 0 Å². The number of nitrogens with one attached hydrogen (secondary N) is 1. The largest absolute Gasteiger partial charge is 0.473 e. The fourth-order valence-corrected chi connectivity index (χ4v) is 5.10. The predicted octanol–water partition coefficient (Wildman–Crippen LogP) is 4.85. The fourth-order valence-electron chi connectivity index (χ4n) is 4.31. The monoisotopic (exact) mass is 446 g/mol. The first-order valence-corrected chi connectivity index (χ1v) is 11.9. The molecule has 0 radical (unpaired) electrons. The molecule has 7 heteroatoms. The highest BCUT2D eigenvalue weighted by Crippen LogP contribution is 2.29. The van der Waals surface area contributed by atoms with Gasteiger partial charge in [-0.1, -0.05) is 30.3 Å². The Morgan fingerprint density at radius 2 is 2.00 bits per heavy atom. The van der Waals surface area contributed by atoms with E-state index in [1.165, 1.54) is 10.4 Å². The van der Waals surface area contributed by atoms with E-state index in [0.29, 0.717) is 36.2 Å². The SMILES string of the molecule is Cn1nc(C(=O)CC2CCNCC2)c2ccc(OCc3ccccc3-c3cccs3)nc21. The summed E-state index contributed by atoms with van der Waals surface area (Å²) in [6, 6.07) is 16.2. The van der Waals surface area contributed by atoms with Gasteiger partial charge in [-0.05, 0) is 60.5 Å². The van der Waals surface area contributed by atoms with Crippen molar-refractivity contribution >= 4 is 28.2 Å². The number of hydrogen-bond donors (Lipinski definition) is 1. The molecule has 0 unspecified atom stereocenters. The number of ether oxygens (including phenoxy) is 1. The number of aryl methyl sites for hydroxylation is 1. The summed E-state index contributed by atoms with van der Waals surface area (Å²) in [4.78, 5) is 18.8. The second kappa shape index (κ2) is 9.22. The van der Waals surface area contributed by atoms with Crippen molar-refractivity contribution in [3.05, 3.63) is 65.2 Å². The molecule has 0 atom stereocenters. The highest BCUT2D eigenvalue weighted by Gasteiger charge is 2.22. The van der Waals surface area contributed by atoms with Crippen LogP contribution in [-0.4, -0.2) is 33.6 Å². The third-order valence-electron chi connectivity index (χ3n) is 6.04. The number of Topliss-reactive ketones (excluding diaryl/α,β-unsaturated/α-hetero) is 1. The normalized spacial score (nSPS) is 14.7. The van der Waals surface area contributed by atoms with Gasteiger partial charge in [0.1, 0.15) is 12.3 Å². The lowest BCUT2D eigenvalue weighted by Gasteiger charge is -2.21. The first-order valence-electron chi connectivity index (χ1n) is 11.0. The number of carbonyl (C=O) groups is 1. The molecule has 1 saturated heterocycles. The summed E-state index contributed by atoms with van der Waals surface area (Å²) in [5.41, 5.74) is 3.47. The van der Waals surface area contributed by atoms with E-state index in [1.807, 2.05) is 31.3 Å². The second-order valence-electron chi connectivity index (χ2n) is 8.24. The third kappa shape index (κ3) is 4.31. The van der Waals surface area contributed by atoms with Crippen LogP contribution in [0.1, 0.15) is 35.3 Å². The van der Waals surface area contributed by atoms with Gasteiger partial charge in [0.05, 0.1) is 5.39 Å². The van der Waals surface area contributed by atoms with Crippen LogP contribution in [0, 0.1) is 5.92 Å². The summed E-state index contributed by atoms with van der Waals surface area (Å²) in [5, 5.41) is 10.7. The highest BCUT2D eigenvalue weighted by molar-refractivity contribution is 7.13. The van der Waals surface area contributed by atoms with Crippen LogP contribution in [0.2, 0.25) is 0 Å². The first kappa shape index (κ1) is 20.8. The topological polar surface area (TPSA) is 69.0 Å². The number of carbonyl (C=O) groups excluding carboxylic acids is 1. The van der Waals surface area contributed by atoms with Gasteiger partial charge in [0, 0.05) is 24.4 Å². The number of fused-ring (bicyclic) bond motifs is 1. The Kier molecular flexibility index (Phi) is 6.01. The van der Waals surface area contributed by atoms with Crippen molar-refractivity contribution in [1.82, 2.24) is 20.1 Å². The Hall–Kier alpha value is -3.03. The molecule has 4 aromatic rings. The zero-order valence-electron chi connectivity index (χ0n) is 18.1. The molecule has 1 fully saturated rings. The molecule has 1 aromatic carbocycles. The Morgan fingerprint density at radius 3 is 2.81 bits per heavy atom. The Balaban J connectivity index is 1.34. The third-order valence-corrected chi connectivity index (χ3v) is 6.94. The van der Waals surface area contributed by atoms with Gasteiger partial charge in [0.2, 0.25) is 5.88 Å². The van der Waals surface area contributed by atoms with E-state index in [1.54, 1.807) is 16.0 Å². The first-order chi connectivity index (χ1) is 15.7. The molecule has 5 rings (SSSR count). The number of pyridine rings is 1. The van der Waals surface area contributed by atoms with E-state index in [9.17, 15) is 4.79 Å². The van der Waals surface area contributed by atoms with Crippen molar-refractivity contribution in [3.8, 4) is 16.3 Å². The molecule has 32 heavy (non-hydrogen) atoms. The number of hydrogen-bond acceptors (Lipinski definition) is 6. The molecule has 0 aliphatic carbocycles. The molecule has 1 aliphatic heterocycles. The maximum atomic E-state index is 12.9. The maximum Gasteiger partial charge on any atom is 0.215 e. The average Bonchev–Trinajstić information content (AvgIpc) is 3.47. The molecule has 0 spiro atoms. The maximum absolute atomic E-state index is 12.9.